The second kappa shape index (κ2) is 1.87. The van der Waals surface area contributed by atoms with Crippen LogP contribution in [-0.4, -0.2) is 23.2 Å². The molecular weight excluding hydrogens is 124 g/mol. The van der Waals surface area contributed by atoms with Gasteiger partial charge in [0.15, 0.2) is 0 Å². The van der Waals surface area contributed by atoms with Crippen molar-refractivity contribution in [2.75, 3.05) is 13.1 Å². The largest absolute Gasteiger partial charge is 0.297 e. The van der Waals surface area contributed by atoms with E-state index in [1.807, 2.05) is 0 Å². The maximum Gasteiger partial charge on any atom is 0.0799 e. The topological polar surface area (TPSA) is 15.3 Å². The quantitative estimate of drug-likeness (QED) is 0.493. The van der Waals surface area contributed by atoms with Crippen LogP contribution in [0.4, 0.5) is 0 Å². The van der Waals surface area contributed by atoms with Gasteiger partial charge >= 0.3 is 0 Å². The van der Waals surface area contributed by atoms with Gasteiger partial charge in [0.2, 0.25) is 0 Å². The first-order chi connectivity index (χ1) is 3.63. The standard InChI is InChI=1S/C5H11ClN2/c1-5(2)7-3-4-8(5)6/h7H,3-4H2,1-2H3. The molecule has 0 unspecified atom stereocenters. The number of halogens is 1. The van der Waals surface area contributed by atoms with E-state index in [2.05, 4.69) is 19.2 Å². The van der Waals surface area contributed by atoms with Crippen LogP contribution in [-0.2, 0) is 0 Å². The molecule has 48 valence electrons. The van der Waals surface area contributed by atoms with Gasteiger partial charge in [-0.05, 0) is 25.6 Å². The second-order valence-electron chi connectivity index (χ2n) is 2.57. The third-order valence-corrected chi connectivity index (χ3v) is 2.06. The Hall–Kier alpha value is 0.210. The highest BCUT2D eigenvalue weighted by Gasteiger charge is 2.29. The van der Waals surface area contributed by atoms with E-state index in [1.165, 1.54) is 0 Å². The molecule has 0 radical (unpaired) electrons. The molecule has 0 bridgehead atoms. The lowest BCUT2D eigenvalue weighted by Crippen LogP contribution is -2.40. The van der Waals surface area contributed by atoms with Gasteiger partial charge in [0.05, 0.1) is 5.66 Å². The molecule has 3 heteroatoms. The van der Waals surface area contributed by atoms with Crippen molar-refractivity contribution in [3.05, 3.63) is 0 Å². The zero-order valence-corrected chi connectivity index (χ0v) is 6.00. The summed E-state index contributed by atoms with van der Waals surface area (Å²) < 4.78 is 1.78. The Bertz CT molecular complexity index is 92.4. The summed E-state index contributed by atoms with van der Waals surface area (Å²) in [6.07, 6.45) is 0. The van der Waals surface area contributed by atoms with Crippen LogP contribution < -0.4 is 5.32 Å². The van der Waals surface area contributed by atoms with E-state index in [1.54, 1.807) is 4.42 Å². The zero-order chi connectivity index (χ0) is 6.20. The van der Waals surface area contributed by atoms with Crippen LogP contribution in [0.15, 0.2) is 0 Å². The molecule has 0 amide bonds. The lowest BCUT2D eigenvalue weighted by molar-refractivity contribution is 0.277. The van der Waals surface area contributed by atoms with Crippen molar-refractivity contribution >= 4 is 11.8 Å². The fourth-order valence-electron chi connectivity index (χ4n) is 0.825. The van der Waals surface area contributed by atoms with Crippen LogP contribution in [0.3, 0.4) is 0 Å². The molecule has 0 saturated carbocycles. The Labute approximate surface area is 54.9 Å². The average Bonchev–Trinajstić information content (AvgIpc) is 1.86. The van der Waals surface area contributed by atoms with E-state index in [9.17, 15) is 0 Å². The van der Waals surface area contributed by atoms with E-state index in [-0.39, 0.29) is 5.66 Å². The summed E-state index contributed by atoms with van der Waals surface area (Å²) in [5, 5.41) is 3.24. The van der Waals surface area contributed by atoms with Gasteiger partial charge in [0, 0.05) is 13.1 Å². The van der Waals surface area contributed by atoms with E-state index < -0.39 is 0 Å². The van der Waals surface area contributed by atoms with Gasteiger partial charge in [0.1, 0.15) is 0 Å². The molecule has 0 aromatic heterocycles. The van der Waals surface area contributed by atoms with Crippen molar-refractivity contribution in [1.29, 1.82) is 0 Å². The molecule has 0 atom stereocenters. The van der Waals surface area contributed by atoms with Gasteiger partial charge in [-0.3, -0.25) is 5.32 Å². The molecule has 1 saturated heterocycles. The first-order valence-corrected chi connectivity index (χ1v) is 3.15. The Morgan fingerprint density at radius 2 is 2.25 bits per heavy atom. The monoisotopic (exact) mass is 134 g/mol. The number of rotatable bonds is 0. The highest BCUT2D eigenvalue weighted by Crippen LogP contribution is 2.16. The Kier molecular flexibility index (Phi) is 1.48. The van der Waals surface area contributed by atoms with Crippen LogP contribution in [0.5, 0.6) is 0 Å². The van der Waals surface area contributed by atoms with Crippen molar-refractivity contribution < 1.29 is 0 Å². The fourth-order valence-corrected chi connectivity index (χ4v) is 0.970. The minimum absolute atomic E-state index is 0.00154. The van der Waals surface area contributed by atoms with E-state index in [4.69, 9.17) is 11.8 Å². The maximum absolute atomic E-state index is 5.77. The van der Waals surface area contributed by atoms with Crippen molar-refractivity contribution in [3.63, 3.8) is 0 Å². The molecule has 2 nitrogen and oxygen atoms in total. The third kappa shape index (κ3) is 0.966. The van der Waals surface area contributed by atoms with Crippen molar-refractivity contribution in [1.82, 2.24) is 9.74 Å². The van der Waals surface area contributed by atoms with Gasteiger partial charge < -0.3 is 0 Å². The summed E-state index contributed by atoms with van der Waals surface area (Å²) >= 11 is 5.77. The molecule has 1 N–H and O–H groups in total. The smallest absolute Gasteiger partial charge is 0.0799 e. The summed E-state index contributed by atoms with van der Waals surface area (Å²) in [4.78, 5) is 0. The Balaban J connectivity index is 2.54. The molecule has 1 rings (SSSR count). The summed E-state index contributed by atoms with van der Waals surface area (Å²) in [6, 6.07) is 0. The molecule has 0 aromatic carbocycles. The van der Waals surface area contributed by atoms with Gasteiger partial charge in [-0.1, -0.05) is 0 Å². The molecular formula is C5H11ClN2. The molecule has 1 heterocycles. The predicted octanol–water partition coefficient (Wildman–Crippen LogP) is 0.781. The molecule has 8 heavy (non-hydrogen) atoms. The van der Waals surface area contributed by atoms with Crippen LogP contribution in [0.2, 0.25) is 0 Å². The summed E-state index contributed by atoms with van der Waals surface area (Å²) in [6.45, 7) is 6.06. The Morgan fingerprint density at radius 3 is 2.38 bits per heavy atom. The number of nitrogens with zero attached hydrogens (tertiary/aromatic N) is 1. The molecule has 0 spiro atoms. The van der Waals surface area contributed by atoms with Gasteiger partial charge in [-0.2, -0.15) is 4.42 Å². The zero-order valence-electron chi connectivity index (χ0n) is 5.24. The van der Waals surface area contributed by atoms with Crippen molar-refractivity contribution in [2.24, 2.45) is 0 Å². The first kappa shape index (κ1) is 6.33. The van der Waals surface area contributed by atoms with Gasteiger partial charge in [-0.25, -0.2) is 0 Å². The lowest BCUT2D eigenvalue weighted by atomic mass is 10.3. The highest BCUT2D eigenvalue weighted by atomic mass is 35.5. The lowest BCUT2D eigenvalue weighted by Gasteiger charge is -2.23. The molecule has 1 aliphatic rings. The van der Waals surface area contributed by atoms with Gasteiger partial charge in [-0.15, -0.1) is 0 Å². The van der Waals surface area contributed by atoms with E-state index >= 15 is 0 Å². The normalized spacial score (nSPS) is 28.9. The summed E-state index contributed by atoms with van der Waals surface area (Å²) in [5.74, 6) is 0. The molecule has 1 aliphatic heterocycles. The third-order valence-electron chi connectivity index (χ3n) is 1.47. The average molecular weight is 135 g/mol. The Morgan fingerprint density at radius 1 is 1.62 bits per heavy atom. The SMILES string of the molecule is CC1(C)NCCN1Cl. The van der Waals surface area contributed by atoms with Crippen LogP contribution in [0.1, 0.15) is 13.8 Å². The fraction of sp³-hybridized carbons (Fsp3) is 1.00. The summed E-state index contributed by atoms with van der Waals surface area (Å²) in [7, 11) is 0. The van der Waals surface area contributed by atoms with Crippen LogP contribution >= 0.6 is 11.8 Å². The van der Waals surface area contributed by atoms with E-state index in [0.29, 0.717) is 0 Å². The number of hydrogen-bond donors (Lipinski definition) is 1. The van der Waals surface area contributed by atoms with Crippen molar-refractivity contribution in [2.45, 2.75) is 19.5 Å². The second-order valence-corrected chi connectivity index (χ2v) is 2.98. The van der Waals surface area contributed by atoms with E-state index in [0.717, 1.165) is 13.1 Å². The number of nitrogens with one attached hydrogen (secondary N) is 1. The molecule has 0 aliphatic carbocycles. The van der Waals surface area contributed by atoms with Crippen LogP contribution in [0.25, 0.3) is 0 Å². The minimum atomic E-state index is 0.00154. The maximum atomic E-state index is 5.77. The number of hydrogen-bond acceptors (Lipinski definition) is 2. The summed E-state index contributed by atoms with van der Waals surface area (Å²) in [5.41, 5.74) is 0.00154. The first-order valence-electron chi connectivity index (χ1n) is 2.81. The minimum Gasteiger partial charge on any atom is -0.297 e. The predicted molar refractivity (Wildman–Crippen MR) is 34.6 cm³/mol. The molecule has 1 fully saturated rings. The highest BCUT2D eigenvalue weighted by molar-refractivity contribution is 6.13. The van der Waals surface area contributed by atoms with Crippen molar-refractivity contribution in [3.8, 4) is 0 Å². The van der Waals surface area contributed by atoms with Crippen LogP contribution in [0, 0.1) is 0 Å². The van der Waals surface area contributed by atoms with Gasteiger partial charge in [0.25, 0.3) is 0 Å². The molecule has 0 aromatic rings.